The number of amidine groups is 1. The van der Waals surface area contributed by atoms with Crippen molar-refractivity contribution in [2.24, 2.45) is 5.73 Å². The van der Waals surface area contributed by atoms with Crippen LogP contribution in [0.25, 0.3) is 0 Å². The first-order valence-corrected chi connectivity index (χ1v) is 5.67. The van der Waals surface area contributed by atoms with E-state index in [1.165, 1.54) is 0 Å². The summed E-state index contributed by atoms with van der Waals surface area (Å²) >= 11 is 0. The van der Waals surface area contributed by atoms with E-state index in [0.29, 0.717) is 22.5 Å². The maximum absolute atomic E-state index is 11.9. The van der Waals surface area contributed by atoms with Crippen molar-refractivity contribution in [3.63, 3.8) is 0 Å². The van der Waals surface area contributed by atoms with E-state index in [9.17, 15) is 4.79 Å². The molecule has 0 fully saturated rings. The van der Waals surface area contributed by atoms with E-state index < -0.39 is 0 Å². The van der Waals surface area contributed by atoms with Crippen molar-refractivity contribution in [1.82, 2.24) is 0 Å². The van der Waals surface area contributed by atoms with Gasteiger partial charge in [0.1, 0.15) is 5.84 Å². The van der Waals surface area contributed by atoms with Crippen LogP contribution >= 0.6 is 0 Å². The minimum atomic E-state index is -0.212. The second kappa shape index (κ2) is 5.22. The summed E-state index contributed by atoms with van der Waals surface area (Å²) in [7, 11) is 0. The Bertz CT molecular complexity index is 602. The summed E-state index contributed by atoms with van der Waals surface area (Å²) in [6.45, 7) is 0. The van der Waals surface area contributed by atoms with Crippen molar-refractivity contribution < 1.29 is 4.79 Å². The van der Waals surface area contributed by atoms with Crippen LogP contribution in [0, 0.1) is 5.41 Å². The summed E-state index contributed by atoms with van der Waals surface area (Å²) < 4.78 is 0. The fourth-order valence-corrected chi connectivity index (χ4v) is 1.57. The summed E-state index contributed by atoms with van der Waals surface area (Å²) in [6, 6.07) is 13.4. The molecule has 0 saturated carbocycles. The number of nitrogen functional groups attached to an aromatic ring is 2. The van der Waals surface area contributed by atoms with Gasteiger partial charge >= 0.3 is 0 Å². The van der Waals surface area contributed by atoms with Gasteiger partial charge < -0.3 is 16.8 Å². The highest BCUT2D eigenvalue weighted by atomic mass is 16.1. The van der Waals surface area contributed by atoms with Crippen molar-refractivity contribution in [3.8, 4) is 0 Å². The number of hydrogen-bond acceptors (Lipinski definition) is 3. The van der Waals surface area contributed by atoms with E-state index in [1.54, 1.807) is 48.5 Å². The third kappa shape index (κ3) is 3.10. The van der Waals surface area contributed by atoms with Crippen molar-refractivity contribution in [2.75, 3.05) is 11.1 Å². The lowest BCUT2D eigenvalue weighted by molar-refractivity contribution is 0.102. The van der Waals surface area contributed by atoms with Crippen LogP contribution < -0.4 is 16.8 Å². The standard InChI is InChI=1S/C14H14N4O/c15-11-5-1-10(2-6-11)14(19)18-12-7-3-9(4-8-12)13(16)17/h1-8H,15H2,(H3,16,17)(H,18,19). The molecule has 96 valence electrons. The molecule has 0 bridgehead atoms. The second-order valence-corrected chi connectivity index (χ2v) is 4.07. The maximum Gasteiger partial charge on any atom is 0.255 e. The van der Waals surface area contributed by atoms with Gasteiger partial charge in [-0.25, -0.2) is 0 Å². The van der Waals surface area contributed by atoms with E-state index >= 15 is 0 Å². The molecule has 0 heterocycles. The molecular weight excluding hydrogens is 240 g/mol. The molecule has 6 N–H and O–H groups in total. The molecule has 2 aromatic carbocycles. The molecule has 2 rings (SSSR count). The van der Waals surface area contributed by atoms with E-state index in [1.807, 2.05) is 0 Å². The fraction of sp³-hybridized carbons (Fsp3) is 0. The minimum Gasteiger partial charge on any atom is -0.399 e. The van der Waals surface area contributed by atoms with Crippen molar-refractivity contribution in [2.45, 2.75) is 0 Å². The predicted molar refractivity (Wildman–Crippen MR) is 76.3 cm³/mol. The van der Waals surface area contributed by atoms with Crippen molar-refractivity contribution in [3.05, 3.63) is 59.7 Å². The van der Waals surface area contributed by atoms with Crippen LogP contribution in [0.2, 0.25) is 0 Å². The van der Waals surface area contributed by atoms with E-state index in [0.717, 1.165) is 0 Å². The van der Waals surface area contributed by atoms with Gasteiger partial charge in [-0.3, -0.25) is 10.2 Å². The molecule has 0 aliphatic rings. The van der Waals surface area contributed by atoms with Gasteiger partial charge in [0.15, 0.2) is 0 Å². The number of rotatable bonds is 3. The van der Waals surface area contributed by atoms with Gasteiger partial charge in [-0.2, -0.15) is 0 Å². The van der Waals surface area contributed by atoms with Crippen molar-refractivity contribution in [1.29, 1.82) is 5.41 Å². The first-order valence-electron chi connectivity index (χ1n) is 5.67. The highest BCUT2D eigenvalue weighted by Gasteiger charge is 2.05. The fourth-order valence-electron chi connectivity index (χ4n) is 1.57. The molecule has 2 aromatic rings. The van der Waals surface area contributed by atoms with E-state index in [2.05, 4.69) is 5.32 Å². The SMILES string of the molecule is N=C(N)c1ccc(NC(=O)c2ccc(N)cc2)cc1. The minimum absolute atomic E-state index is 0.00332. The number of carbonyl (C=O) groups excluding carboxylic acids is 1. The second-order valence-electron chi connectivity index (χ2n) is 4.07. The van der Waals surface area contributed by atoms with Gasteiger partial charge in [0.05, 0.1) is 0 Å². The highest BCUT2D eigenvalue weighted by molar-refractivity contribution is 6.04. The van der Waals surface area contributed by atoms with Gasteiger partial charge in [-0.15, -0.1) is 0 Å². The van der Waals surface area contributed by atoms with Crippen LogP contribution in [-0.4, -0.2) is 11.7 Å². The van der Waals surface area contributed by atoms with Crippen molar-refractivity contribution >= 4 is 23.1 Å². The molecule has 19 heavy (non-hydrogen) atoms. The molecule has 0 atom stereocenters. The smallest absolute Gasteiger partial charge is 0.255 e. The summed E-state index contributed by atoms with van der Waals surface area (Å²) in [4.78, 5) is 11.9. The first kappa shape index (κ1) is 12.6. The third-order valence-electron chi connectivity index (χ3n) is 2.63. The molecule has 5 heteroatoms. The van der Waals surface area contributed by atoms with Gasteiger partial charge in [0.2, 0.25) is 0 Å². The Labute approximate surface area is 110 Å². The molecule has 0 aliphatic carbocycles. The number of nitrogens with two attached hydrogens (primary N) is 2. The Morgan fingerprint density at radius 2 is 1.47 bits per heavy atom. The molecule has 0 spiro atoms. The number of anilines is 2. The van der Waals surface area contributed by atoms with Crippen LogP contribution in [0.4, 0.5) is 11.4 Å². The molecular formula is C14H14N4O. The largest absolute Gasteiger partial charge is 0.399 e. The monoisotopic (exact) mass is 254 g/mol. The van der Waals surface area contributed by atoms with Crippen LogP contribution in [0.15, 0.2) is 48.5 Å². The highest BCUT2D eigenvalue weighted by Crippen LogP contribution is 2.12. The van der Waals surface area contributed by atoms with Crippen LogP contribution in [0.5, 0.6) is 0 Å². The van der Waals surface area contributed by atoms with Crippen LogP contribution in [-0.2, 0) is 0 Å². The summed E-state index contributed by atoms with van der Waals surface area (Å²) in [5.74, 6) is -0.216. The zero-order valence-corrected chi connectivity index (χ0v) is 10.2. The summed E-state index contributed by atoms with van der Waals surface area (Å²) in [5, 5.41) is 10.0. The summed E-state index contributed by atoms with van der Waals surface area (Å²) in [6.07, 6.45) is 0. The number of carbonyl (C=O) groups is 1. The lowest BCUT2D eigenvalue weighted by Crippen LogP contribution is -2.13. The average Bonchev–Trinajstić information content (AvgIpc) is 2.40. The molecule has 0 radical (unpaired) electrons. The van der Waals surface area contributed by atoms with E-state index in [-0.39, 0.29) is 11.7 Å². The predicted octanol–water partition coefficient (Wildman–Crippen LogP) is 1.81. The number of hydrogen-bond donors (Lipinski definition) is 4. The quantitative estimate of drug-likeness (QED) is 0.381. The maximum atomic E-state index is 11.9. The van der Waals surface area contributed by atoms with Crippen LogP contribution in [0.1, 0.15) is 15.9 Å². The van der Waals surface area contributed by atoms with E-state index in [4.69, 9.17) is 16.9 Å². The molecule has 5 nitrogen and oxygen atoms in total. The first-order chi connectivity index (χ1) is 9.06. The molecule has 0 unspecified atom stereocenters. The van der Waals surface area contributed by atoms with Gasteiger partial charge in [0.25, 0.3) is 5.91 Å². The normalized spacial score (nSPS) is 9.89. The number of amides is 1. The zero-order valence-electron chi connectivity index (χ0n) is 10.2. The Hall–Kier alpha value is -2.82. The third-order valence-corrected chi connectivity index (χ3v) is 2.63. The Balaban J connectivity index is 2.10. The Kier molecular flexibility index (Phi) is 3.47. The molecule has 1 amide bonds. The lowest BCUT2D eigenvalue weighted by atomic mass is 10.1. The summed E-state index contributed by atoms with van der Waals surface area (Å²) in [5.41, 5.74) is 13.3. The van der Waals surface area contributed by atoms with Gasteiger partial charge in [-0.05, 0) is 48.5 Å². The average molecular weight is 254 g/mol. The van der Waals surface area contributed by atoms with Crippen LogP contribution in [0.3, 0.4) is 0 Å². The number of nitrogens with one attached hydrogen (secondary N) is 2. The zero-order chi connectivity index (χ0) is 13.8. The molecule has 0 aliphatic heterocycles. The molecule has 0 saturated heterocycles. The Morgan fingerprint density at radius 1 is 0.947 bits per heavy atom. The lowest BCUT2D eigenvalue weighted by Gasteiger charge is -2.06. The molecule has 0 aromatic heterocycles. The van der Waals surface area contributed by atoms with Gasteiger partial charge in [0, 0.05) is 22.5 Å². The number of benzene rings is 2. The van der Waals surface area contributed by atoms with Gasteiger partial charge in [-0.1, -0.05) is 0 Å². The topological polar surface area (TPSA) is 105 Å². The Morgan fingerprint density at radius 3 is 2.00 bits per heavy atom.